The van der Waals surface area contributed by atoms with Crippen molar-refractivity contribution in [3.05, 3.63) is 23.9 Å². The van der Waals surface area contributed by atoms with Crippen molar-refractivity contribution in [3.8, 4) is 0 Å². The zero-order valence-corrected chi connectivity index (χ0v) is 6.24. The van der Waals surface area contributed by atoms with Gasteiger partial charge in [-0.3, -0.25) is 4.99 Å². The lowest BCUT2D eigenvalue weighted by Gasteiger charge is -1.85. The monoisotopic (exact) mass is 148 g/mol. The van der Waals surface area contributed by atoms with Gasteiger partial charge in [0, 0.05) is 18.7 Å². The van der Waals surface area contributed by atoms with Crippen LogP contribution in [0.5, 0.6) is 0 Å². The van der Waals surface area contributed by atoms with Crippen molar-refractivity contribution >= 4 is 11.8 Å². The molecule has 0 fully saturated rings. The Balaban J connectivity index is 2.36. The molecule has 3 heteroatoms. The Hall–Kier alpha value is -1.38. The summed E-state index contributed by atoms with van der Waals surface area (Å²) in [6.07, 6.45) is 5.49. The summed E-state index contributed by atoms with van der Waals surface area (Å²) >= 11 is 0. The Bertz CT molecular complexity index is 323. The summed E-state index contributed by atoms with van der Waals surface area (Å²) in [5, 5.41) is 0. The number of aryl methyl sites for hydroxylation is 1. The van der Waals surface area contributed by atoms with Crippen LogP contribution in [0.1, 0.15) is 11.6 Å². The summed E-state index contributed by atoms with van der Waals surface area (Å²) in [4.78, 5) is 8.22. The predicted octanol–water partition coefficient (Wildman–Crippen LogP) is 1.45. The lowest BCUT2D eigenvalue weighted by atomic mass is 10.2. The van der Waals surface area contributed by atoms with E-state index in [9.17, 15) is 0 Å². The van der Waals surface area contributed by atoms with Gasteiger partial charge in [-0.2, -0.15) is 0 Å². The summed E-state index contributed by atoms with van der Waals surface area (Å²) in [6.45, 7) is 2.59. The van der Waals surface area contributed by atoms with E-state index in [2.05, 4.69) is 9.98 Å². The van der Waals surface area contributed by atoms with Crippen molar-refractivity contribution in [3.63, 3.8) is 0 Å². The molecule has 1 aromatic rings. The van der Waals surface area contributed by atoms with Crippen LogP contribution in [-0.2, 0) is 0 Å². The molecule has 0 unspecified atom stereocenters. The fourth-order valence-corrected chi connectivity index (χ4v) is 1.02. The highest BCUT2D eigenvalue weighted by atomic mass is 16.3. The molecule has 0 saturated heterocycles. The molecule has 0 aromatic carbocycles. The molecule has 0 amide bonds. The van der Waals surface area contributed by atoms with Crippen molar-refractivity contribution in [2.75, 3.05) is 6.54 Å². The van der Waals surface area contributed by atoms with Crippen LogP contribution in [0.15, 0.2) is 21.7 Å². The SMILES string of the molecule is Cc1nc(C2=CCN=C2)co1. The molecule has 0 atom stereocenters. The van der Waals surface area contributed by atoms with Crippen molar-refractivity contribution in [1.82, 2.24) is 4.98 Å². The summed E-state index contributed by atoms with van der Waals surface area (Å²) in [5.74, 6) is 0.696. The van der Waals surface area contributed by atoms with E-state index in [0.717, 1.165) is 17.8 Å². The highest BCUT2D eigenvalue weighted by molar-refractivity contribution is 6.10. The molecule has 11 heavy (non-hydrogen) atoms. The maximum absolute atomic E-state index is 5.06. The first-order valence-corrected chi connectivity index (χ1v) is 3.49. The number of nitrogens with zero attached hydrogens (tertiary/aromatic N) is 2. The molecule has 56 valence electrons. The summed E-state index contributed by atoms with van der Waals surface area (Å²) < 4.78 is 5.06. The van der Waals surface area contributed by atoms with E-state index in [1.807, 2.05) is 19.2 Å². The molecule has 1 aliphatic heterocycles. The van der Waals surface area contributed by atoms with E-state index in [0.29, 0.717) is 5.89 Å². The number of aromatic nitrogens is 1. The van der Waals surface area contributed by atoms with E-state index in [4.69, 9.17) is 4.42 Å². The number of oxazole rings is 1. The Morgan fingerprint density at radius 1 is 1.55 bits per heavy atom. The third-order valence-corrected chi connectivity index (χ3v) is 1.56. The first-order valence-electron chi connectivity index (χ1n) is 3.49. The fourth-order valence-electron chi connectivity index (χ4n) is 1.02. The second kappa shape index (κ2) is 2.34. The molecular weight excluding hydrogens is 140 g/mol. The van der Waals surface area contributed by atoms with E-state index in [1.54, 1.807) is 6.26 Å². The van der Waals surface area contributed by atoms with Gasteiger partial charge in [-0.1, -0.05) is 6.08 Å². The highest BCUT2D eigenvalue weighted by Gasteiger charge is 2.06. The van der Waals surface area contributed by atoms with E-state index >= 15 is 0 Å². The van der Waals surface area contributed by atoms with Gasteiger partial charge in [-0.15, -0.1) is 0 Å². The maximum Gasteiger partial charge on any atom is 0.191 e. The lowest BCUT2D eigenvalue weighted by Crippen LogP contribution is -1.82. The molecule has 0 spiro atoms. The third kappa shape index (κ3) is 1.09. The van der Waals surface area contributed by atoms with Crippen LogP contribution < -0.4 is 0 Å². The van der Waals surface area contributed by atoms with Gasteiger partial charge in [0.2, 0.25) is 0 Å². The molecule has 1 aromatic heterocycles. The molecule has 0 saturated carbocycles. The number of hydrogen-bond acceptors (Lipinski definition) is 3. The smallest absolute Gasteiger partial charge is 0.191 e. The first-order chi connectivity index (χ1) is 5.36. The highest BCUT2D eigenvalue weighted by Crippen LogP contribution is 2.14. The van der Waals surface area contributed by atoms with Gasteiger partial charge in [0.05, 0.1) is 6.54 Å². The van der Waals surface area contributed by atoms with Crippen LogP contribution in [0, 0.1) is 6.92 Å². The topological polar surface area (TPSA) is 38.4 Å². The lowest BCUT2D eigenvalue weighted by molar-refractivity contribution is 0.521. The van der Waals surface area contributed by atoms with Gasteiger partial charge in [0.15, 0.2) is 5.89 Å². The van der Waals surface area contributed by atoms with Crippen molar-refractivity contribution in [1.29, 1.82) is 0 Å². The molecule has 0 aliphatic carbocycles. The van der Waals surface area contributed by atoms with Crippen LogP contribution in [-0.4, -0.2) is 17.7 Å². The molecule has 3 nitrogen and oxygen atoms in total. The zero-order chi connectivity index (χ0) is 7.68. The molecule has 2 heterocycles. The van der Waals surface area contributed by atoms with Gasteiger partial charge in [0.1, 0.15) is 12.0 Å². The van der Waals surface area contributed by atoms with Crippen LogP contribution in [0.3, 0.4) is 0 Å². The number of aliphatic imine (C=N–C) groups is 1. The standard InChI is InChI=1S/C8H8N2O/c1-6-10-8(5-11-6)7-2-3-9-4-7/h2,4-5H,3H2,1H3. The van der Waals surface area contributed by atoms with Crippen LogP contribution in [0.4, 0.5) is 0 Å². The Morgan fingerprint density at radius 3 is 3.00 bits per heavy atom. The fraction of sp³-hybridized carbons (Fsp3) is 0.250. The van der Waals surface area contributed by atoms with Crippen LogP contribution in [0.25, 0.3) is 5.57 Å². The predicted molar refractivity (Wildman–Crippen MR) is 42.6 cm³/mol. The Kier molecular flexibility index (Phi) is 1.35. The largest absolute Gasteiger partial charge is 0.449 e. The number of allylic oxidation sites excluding steroid dienone is 1. The van der Waals surface area contributed by atoms with Gasteiger partial charge < -0.3 is 4.42 Å². The summed E-state index contributed by atoms with van der Waals surface area (Å²) in [5.41, 5.74) is 1.94. The van der Waals surface area contributed by atoms with Crippen molar-refractivity contribution < 1.29 is 4.42 Å². The molecule has 0 radical (unpaired) electrons. The molecule has 0 bridgehead atoms. The van der Waals surface area contributed by atoms with Crippen molar-refractivity contribution in [2.45, 2.75) is 6.92 Å². The van der Waals surface area contributed by atoms with Gasteiger partial charge in [0.25, 0.3) is 0 Å². The van der Waals surface area contributed by atoms with Crippen molar-refractivity contribution in [2.24, 2.45) is 4.99 Å². The quantitative estimate of drug-likeness (QED) is 0.604. The van der Waals surface area contributed by atoms with E-state index in [1.165, 1.54) is 0 Å². The number of hydrogen-bond donors (Lipinski definition) is 0. The first kappa shape index (κ1) is 6.34. The summed E-state index contributed by atoms with van der Waals surface area (Å²) in [7, 11) is 0. The average Bonchev–Trinajstić information content (AvgIpc) is 2.55. The minimum absolute atomic E-state index is 0.696. The molecule has 2 rings (SSSR count). The minimum atomic E-state index is 0.696. The van der Waals surface area contributed by atoms with Crippen LogP contribution >= 0.6 is 0 Å². The van der Waals surface area contributed by atoms with Gasteiger partial charge in [-0.05, 0) is 0 Å². The number of rotatable bonds is 1. The summed E-state index contributed by atoms with van der Waals surface area (Å²) in [6, 6.07) is 0. The molecule has 0 N–H and O–H groups in total. The van der Waals surface area contributed by atoms with E-state index in [-0.39, 0.29) is 0 Å². The van der Waals surface area contributed by atoms with E-state index < -0.39 is 0 Å². The second-order valence-corrected chi connectivity index (χ2v) is 2.41. The average molecular weight is 148 g/mol. The normalized spacial score (nSPS) is 15.5. The molecule has 1 aliphatic rings. The second-order valence-electron chi connectivity index (χ2n) is 2.41. The van der Waals surface area contributed by atoms with Gasteiger partial charge in [-0.25, -0.2) is 4.98 Å². The molecular formula is C8H8N2O. The minimum Gasteiger partial charge on any atom is -0.449 e. The van der Waals surface area contributed by atoms with Crippen LogP contribution in [0.2, 0.25) is 0 Å². The van der Waals surface area contributed by atoms with Gasteiger partial charge >= 0.3 is 0 Å². The maximum atomic E-state index is 5.06. The third-order valence-electron chi connectivity index (χ3n) is 1.56. The Labute approximate surface area is 64.5 Å². The zero-order valence-electron chi connectivity index (χ0n) is 6.24. The Morgan fingerprint density at radius 2 is 2.45 bits per heavy atom.